The van der Waals surface area contributed by atoms with Gasteiger partial charge in [0.1, 0.15) is 0 Å². The number of carbonyl (C=O) groups is 2. The van der Waals surface area contributed by atoms with Gasteiger partial charge in [-0.1, -0.05) is 40.0 Å². The molecule has 0 amide bonds. The fourth-order valence-electron chi connectivity index (χ4n) is 1.97. The van der Waals surface area contributed by atoms with Crippen LogP contribution in [0.25, 0.3) is 0 Å². The molecule has 0 bridgehead atoms. The molecular weight excluding hydrogens is 363 g/mol. The van der Waals surface area contributed by atoms with E-state index in [1.165, 1.54) is 6.92 Å². The second kappa shape index (κ2) is 13.9. The molecule has 0 rings (SSSR count). The minimum absolute atomic E-state index is 0. The van der Waals surface area contributed by atoms with Crippen LogP contribution < -0.4 is 0 Å². The molecule has 8 nitrogen and oxygen atoms in total. The van der Waals surface area contributed by atoms with Crippen LogP contribution in [0.4, 0.5) is 0 Å². The zero-order valence-electron chi connectivity index (χ0n) is 14.4. The third-order valence-electron chi connectivity index (χ3n) is 3.57. The van der Waals surface area contributed by atoms with Crippen molar-refractivity contribution in [3.05, 3.63) is 0 Å². The van der Waals surface area contributed by atoms with E-state index in [1.807, 2.05) is 6.92 Å². The summed E-state index contributed by atoms with van der Waals surface area (Å²) in [5, 5.41) is 9.61. The molecule has 0 heterocycles. The molecule has 0 aromatic carbocycles. The van der Waals surface area contributed by atoms with Gasteiger partial charge in [0.05, 0.1) is 13.0 Å². The zero-order chi connectivity index (χ0) is 18.8. The van der Waals surface area contributed by atoms with E-state index in [2.05, 4.69) is 11.7 Å². The Labute approximate surface area is 171 Å². The molecule has 0 aliphatic carbocycles. The van der Waals surface area contributed by atoms with E-state index in [-0.39, 0.29) is 48.5 Å². The van der Waals surface area contributed by atoms with Gasteiger partial charge in [-0.05, 0) is 18.8 Å². The monoisotopic (exact) mass is 392 g/mol. The molecule has 25 heavy (non-hydrogen) atoms. The first kappa shape index (κ1) is 27.0. The van der Waals surface area contributed by atoms with Crippen molar-refractivity contribution in [3.8, 4) is 0 Å². The second-order valence-electron chi connectivity index (χ2n) is 5.61. The van der Waals surface area contributed by atoms with Crippen LogP contribution in [0.3, 0.4) is 0 Å². The van der Waals surface area contributed by atoms with E-state index in [0.717, 1.165) is 25.7 Å². The first-order valence-corrected chi connectivity index (χ1v) is 9.66. The number of hydrogen-bond donors (Lipinski definition) is 2. The van der Waals surface area contributed by atoms with Gasteiger partial charge in [0.25, 0.3) is 0 Å². The van der Waals surface area contributed by atoms with Gasteiger partial charge in [-0.25, -0.2) is 4.79 Å². The average molecular weight is 392 g/mol. The standard InChI is InChI=1S/C15H28O8S.Na.H/c1-4-7-8-11(5-2)10-22-13(17)9-12(16)15(18)23-14(6-3)24(19,20)21;;/h11-12,14,16H,4-10H2,1-3H3,(H,19,20,21);;. The Balaban J connectivity index is 0. The van der Waals surface area contributed by atoms with Gasteiger partial charge in [-0.2, -0.15) is 8.42 Å². The second-order valence-corrected chi connectivity index (χ2v) is 7.16. The van der Waals surface area contributed by atoms with Gasteiger partial charge in [0.2, 0.25) is 5.44 Å². The number of aliphatic hydroxyl groups is 1. The summed E-state index contributed by atoms with van der Waals surface area (Å²) in [6, 6.07) is 0. The first-order chi connectivity index (χ1) is 11.1. The third-order valence-corrected chi connectivity index (χ3v) is 4.66. The molecule has 0 saturated carbocycles. The molecule has 2 N–H and O–H groups in total. The average Bonchev–Trinajstić information content (AvgIpc) is 2.51. The van der Waals surface area contributed by atoms with Gasteiger partial charge in [0, 0.05) is 0 Å². The van der Waals surface area contributed by atoms with E-state index in [1.54, 1.807) is 0 Å². The molecule has 0 aliphatic rings. The van der Waals surface area contributed by atoms with Crippen LogP contribution in [0.15, 0.2) is 0 Å². The number of unbranched alkanes of at least 4 members (excludes halogenated alkanes) is 1. The molecule has 0 radical (unpaired) electrons. The Kier molecular flexibility index (Phi) is 15.1. The summed E-state index contributed by atoms with van der Waals surface area (Å²) >= 11 is 0. The summed E-state index contributed by atoms with van der Waals surface area (Å²) in [5.74, 6) is -1.84. The van der Waals surface area contributed by atoms with Gasteiger partial charge in [0.15, 0.2) is 6.10 Å². The number of esters is 2. The molecule has 0 aliphatic heterocycles. The molecular formula is C15H29NaO8S. The van der Waals surface area contributed by atoms with Crippen LogP contribution in [-0.2, 0) is 29.2 Å². The van der Waals surface area contributed by atoms with Gasteiger partial charge < -0.3 is 14.6 Å². The van der Waals surface area contributed by atoms with Crippen LogP contribution in [0.5, 0.6) is 0 Å². The van der Waals surface area contributed by atoms with Crippen molar-refractivity contribution < 1.29 is 37.1 Å². The molecule has 0 aromatic rings. The van der Waals surface area contributed by atoms with Crippen molar-refractivity contribution in [1.82, 2.24) is 0 Å². The van der Waals surface area contributed by atoms with Crippen molar-refractivity contribution in [2.24, 2.45) is 5.92 Å². The fraction of sp³-hybridized carbons (Fsp3) is 0.867. The molecule has 3 unspecified atom stereocenters. The maximum absolute atomic E-state index is 11.6. The topological polar surface area (TPSA) is 127 Å². The van der Waals surface area contributed by atoms with Gasteiger partial charge >= 0.3 is 51.6 Å². The molecule has 0 saturated heterocycles. The number of ether oxygens (including phenoxy) is 2. The molecule has 144 valence electrons. The summed E-state index contributed by atoms with van der Waals surface area (Å²) in [6.45, 7) is 5.64. The predicted molar refractivity (Wildman–Crippen MR) is 93.8 cm³/mol. The molecule has 0 aromatic heterocycles. The number of aliphatic hydroxyl groups excluding tert-OH is 1. The van der Waals surface area contributed by atoms with Crippen LogP contribution in [0.1, 0.15) is 59.3 Å². The molecule has 0 fully saturated rings. The Morgan fingerprint density at radius 1 is 1.12 bits per heavy atom. The maximum atomic E-state index is 11.6. The van der Waals surface area contributed by atoms with Gasteiger partial charge in [-0.3, -0.25) is 9.35 Å². The van der Waals surface area contributed by atoms with Crippen LogP contribution in [0.2, 0.25) is 0 Å². The SMILES string of the molecule is CCCCC(CC)COC(=O)CC(O)C(=O)OC(CC)S(=O)(=O)O.[NaH]. The van der Waals surface area contributed by atoms with Gasteiger partial charge in [-0.15, -0.1) is 0 Å². The zero-order valence-corrected chi connectivity index (χ0v) is 15.3. The van der Waals surface area contributed by atoms with Crippen molar-refractivity contribution in [3.63, 3.8) is 0 Å². The Morgan fingerprint density at radius 3 is 2.16 bits per heavy atom. The first-order valence-electron chi connectivity index (χ1n) is 8.16. The number of hydrogen-bond acceptors (Lipinski definition) is 7. The van der Waals surface area contributed by atoms with Crippen molar-refractivity contribution in [1.29, 1.82) is 0 Å². The van der Waals surface area contributed by atoms with E-state index in [4.69, 9.17) is 9.29 Å². The van der Waals surface area contributed by atoms with E-state index >= 15 is 0 Å². The summed E-state index contributed by atoms with van der Waals surface area (Å²) in [4.78, 5) is 23.2. The number of carbonyl (C=O) groups excluding carboxylic acids is 2. The van der Waals surface area contributed by atoms with Crippen molar-refractivity contribution in [2.45, 2.75) is 70.8 Å². The normalized spacial score (nSPS) is 14.8. The van der Waals surface area contributed by atoms with Crippen LogP contribution in [-0.4, -0.2) is 77.7 Å². The van der Waals surface area contributed by atoms with E-state index in [9.17, 15) is 23.1 Å². The summed E-state index contributed by atoms with van der Waals surface area (Å²) in [7, 11) is -4.58. The molecule has 10 heteroatoms. The summed E-state index contributed by atoms with van der Waals surface area (Å²) in [6.07, 6.45) is 1.19. The summed E-state index contributed by atoms with van der Waals surface area (Å²) in [5.41, 5.74) is -1.77. The van der Waals surface area contributed by atoms with Crippen LogP contribution >= 0.6 is 0 Å². The summed E-state index contributed by atoms with van der Waals surface area (Å²) < 4.78 is 40.3. The predicted octanol–water partition coefficient (Wildman–Crippen LogP) is 1.02. The van der Waals surface area contributed by atoms with Crippen molar-refractivity contribution in [2.75, 3.05) is 6.61 Å². The minimum atomic E-state index is -4.58. The number of rotatable bonds is 12. The fourth-order valence-corrected chi connectivity index (χ4v) is 2.61. The van der Waals surface area contributed by atoms with Crippen LogP contribution in [0, 0.1) is 5.92 Å². The molecule has 0 spiro atoms. The van der Waals surface area contributed by atoms with Crippen molar-refractivity contribution >= 4 is 51.6 Å². The molecule has 3 atom stereocenters. The van der Waals surface area contributed by atoms with E-state index < -0.39 is 40.0 Å². The van der Waals surface area contributed by atoms with E-state index in [0.29, 0.717) is 0 Å². The Hall–Kier alpha value is -0.190. The quantitative estimate of drug-likeness (QED) is 0.286. The Morgan fingerprint density at radius 2 is 1.72 bits per heavy atom. The third kappa shape index (κ3) is 11.9. The Bertz CT molecular complexity index is 494.